The zero-order valence-electron chi connectivity index (χ0n) is 17.3. The van der Waals surface area contributed by atoms with Crippen LogP contribution in [0.4, 0.5) is 6.01 Å². The molecule has 32 heavy (non-hydrogen) atoms. The Hall–Kier alpha value is -3.82. The van der Waals surface area contributed by atoms with Crippen molar-refractivity contribution in [1.29, 1.82) is 0 Å². The van der Waals surface area contributed by atoms with Gasteiger partial charge in [0.25, 0.3) is 6.01 Å². The Kier molecular flexibility index (Phi) is 7.48. The maximum atomic E-state index is 11.0. The van der Waals surface area contributed by atoms with Crippen LogP contribution in [0.3, 0.4) is 0 Å². The first-order valence-corrected chi connectivity index (χ1v) is 9.81. The molecule has 0 aliphatic carbocycles. The van der Waals surface area contributed by atoms with Crippen LogP contribution in [0.1, 0.15) is 16.1 Å². The van der Waals surface area contributed by atoms with Gasteiger partial charge in [-0.2, -0.15) is 4.98 Å². The van der Waals surface area contributed by atoms with Crippen molar-refractivity contribution in [3.63, 3.8) is 0 Å². The highest BCUT2D eigenvalue weighted by Gasteiger charge is 2.11. The lowest BCUT2D eigenvalue weighted by Gasteiger charge is -2.08. The van der Waals surface area contributed by atoms with E-state index in [9.17, 15) is 4.79 Å². The minimum absolute atomic E-state index is 0.101. The Bertz CT molecular complexity index is 1230. The van der Waals surface area contributed by atoms with Crippen molar-refractivity contribution in [3.05, 3.63) is 71.0 Å². The molecule has 0 saturated carbocycles. The molecule has 4 aromatic rings. The summed E-state index contributed by atoms with van der Waals surface area (Å²) in [7, 11) is 3.09. The van der Waals surface area contributed by atoms with Gasteiger partial charge in [-0.15, -0.1) is 0 Å². The molecule has 9 nitrogen and oxygen atoms in total. The molecule has 0 saturated heterocycles. The Morgan fingerprint density at radius 2 is 1.94 bits per heavy atom. The Morgan fingerprint density at radius 1 is 1.16 bits per heavy atom. The van der Waals surface area contributed by atoms with Gasteiger partial charge in [-0.05, 0) is 43.4 Å². The minimum atomic E-state index is -1.13. The molecule has 0 aliphatic rings. The number of nitrogens with zero attached hydrogens (tertiary/aromatic N) is 2. The maximum absolute atomic E-state index is 11.0. The molecule has 2 heterocycles. The van der Waals surface area contributed by atoms with Gasteiger partial charge in [0.2, 0.25) is 0 Å². The quantitative estimate of drug-likeness (QED) is 0.365. The molecule has 166 valence electrons. The molecule has 4 rings (SSSR count). The molecule has 0 spiro atoms. The average Bonchev–Trinajstić information content (AvgIpc) is 3.21. The third-order valence-electron chi connectivity index (χ3n) is 4.22. The second-order valence-electron chi connectivity index (χ2n) is 6.24. The van der Waals surface area contributed by atoms with Crippen LogP contribution in [-0.2, 0) is 6.54 Å². The summed E-state index contributed by atoms with van der Waals surface area (Å²) < 4.78 is 16.8. The average molecular weight is 457 g/mol. The molecule has 10 heteroatoms. The number of hydrogen-bond donors (Lipinski definition) is 3. The lowest BCUT2D eigenvalue weighted by molar-refractivity contribution is 0.0690. The van der Waals surface area contributed by atoms with Gasteiger partial charge in [-0.25, -0.2) is 9.78 Å². The molecule has 2 aromatic heterocycles. The fraction of sp³-hybridized carbons (Fsp3) is 0.136. The molecule has 0 bridgehead atoms. The molecule has 0 aliphatic heterocycles. The number of carboxylic acid groups (broad SMARTS) is 1. The van der Waals surface area contributed by atoms with E-state index in [1.54, 1.807) is 43.5 Å². The van der Waals surface area contributed by atoms with Crippen LogP contribution in [0.5, 0.6) is 17.2 Å². The summed E-state index contributed by atoms with van der Waals surface area (Å²) in [5, 5.41) is 12.8. The predicted molar refractivity (Wildman–Crippen MR) is 121 cm³/mol. The Balaban J connectivity index is 0.00000141. The van der Waals surface area contributed by atoms with Crippen molar-refractivity contribution in [2.45, 2.75) is 6.54 Å². The van der Waals surface area contributed by atoms with Gasteiger partial charge in [0.05, 0.1) is 7.11 Å². The molecule has 0 fully saturated rings. The number of aromatic carboxylic acids is 1. The first-order valence-electron chi connectivity index (χ1n) is 9.43. The number of benzene rings is 2. The fourth-order valence-electron chi connectivity index (χ4n) is 2.83. The minimum Gasteiger partial charge on any atom is -0.496 e. The van der Waals surface area contributed by atoms with Crippen LogP contribution in [-0.4, -0.2) is 35.2 Å². The van der Waals surface area contributed by atoms with Gasteiger partial charge in [0.15, 0.2) is 11.3 Å². The van der Waals surface area contributed by atoms with Gasteiger partial charge in [0.1, 0.15) is 22.8 Å². The van der Waals surface area contributed by atoms with Crippen molar-refractivity contribution >= 4 is 34.7 Å². The fourth-order valence-corrected chi connectivity index (χ4v) is 3.02. The Morgan fingerprint density at radius 3 is 2.69 bits per heavy atom. The van der Waals surface area contributed by atoms with E-state index in [1.807, 2.05) is 6.07 Å². The monoisotopic (exact) mass is 456 g/mol. The van der Waals surface area contributed by atoms with Crippen molar-refractivity contribution in [2.75, 3.05) is 19.5 Å². The van der Waals surface area contributed by atoms with Gasteiger partial charge in [-0.3, -0.25) is 0 Å². The van der Waals surface area contributed by atoms with Crippen molar-refractivity contribution in [3.8, 4) is 17.2 Å². The van der Waals surface area contributed by atoms with Gasteiger partial charge in [0, 0.05) is 35.5 Å². The zero-order chi connectivity index (χ0) is 23.1. The van der Waals surface area contributed by atoms with Crippen LogP contribution in [0, 0.1) is 0 Å². The summed E-state index contributed by atoms with van der Waals surface area (Å²) >= 11 is 6.06. The normalized spacial score (nSPS) is 10.2. The van der Waals surface area contributed by atoms with E-state index < -0.39 is 5.97 Å². The Labute approximate surface area is 188 Å². The summed E-state index contributed by atoms with van der Waals surface area (Å²) in [6.07, 6.45) is 1.37. The van der Waals surface area contributed by atoms with Crippen molar-refractivity contribution in [2.24, 2.45) is 5.73 Å². The van der Waals surface area contributed by atoms with Crippen LogP contribution in [0.2, 0.25) is 5.02 Å². The van der Waals surface area contributed by atoms with Crippen molar-refractivity contribution in [1.82, 2.24) is 9.97 Å². The van der Waals surface area contributed by atoms with E-state index in [0.29, 0.717) is 45.9 Å². The number of fused-ring (bicyclic) bond motifs is 1. The second-order valence-corrected chi connectivity index (χ2v) is 6.68. The topological polar surface area (TPSA) is 133 Å². The summed E-state index contributed by atoms with van der Waals surface area (Å²) in [6.45, 7) is 0.412. The summed E-state index contributed by atoms with van der Waals surface area (Å²) in [5.74, 6) is 0.409. The van der Waals surface area contributed by atoms with Gasteiger partial charge < -0.3 is 30.0 Å². The predicted octanol–water partition coefficient (Wildman–Crippen LogP) is 4.56. The number of pyridine rings is 1. The number of anilines is 1. The maximum Gasteiger partial charge on any atom is 0.354 e. The lowest BCUT2D eigenvalue weighted by atomic mass is 10.2. The van der Waals surface area contributed by atoms with Crippen LogP contribution >= 0.6 is 11.6 Å². The van der Waals surface area contributed by atoms with Crippen LogP contribution < -0.4 is 20.5 Å². The number of methoxy groups -OCH3 is 1. The number of rotatable bonds is 7. The van der Waals surface area contributed by atoms with E-state index in [0.717, 1.165) is 5.56 Å². The highest BCUT2D eigenvalue weighted by molar-refractivity contribution is 6.30. The van der Waals surface area contributed by atoms with Crippen molar-refractivity contribution < 1.29 is 23.8 Å². The van der Waals surface area contributed by atoms with E-state index in [2.05, 4.69) is 21.0 Å². The number of carbonyl (C=O) groups is 1. The molecule has 2 aromatic carbocycles. The first kappa shape index (κ1) is 22.9. The molecule has 0 amide bonds. The molecule has 4 N–H and O–H groups in total. The van der Waals surface area contributed by atoms with Crippen LogP contribution in [0.25, 0.3) is 11.1 Å². The second kappa shape index (κ2) is 10.5. The highest BCUT2D eigenvalue weighted by atomic mass is 35.5. The van der Waals surface area contributed by atoms with Crippen LogP contribution in [0.15, 0.2) is 59.1 Å². The highest BCUT2D eigenvalue weighted by Crippen LogP contribution is 2.28. The van der Waals surface area contributed by atoms with E-state index in [-0.39, 0.29) is 5.69 Å². The SMILES string of the molecule is CN.COc1ccc(Cl)cc1CNc1nc2ccc(Oc3ccnc(C(=O)O)c3)cc2o1. The molecule has 0 unspecified atom stereocenters. The molecular weight excluding hydrogens is 436 g/mol. The number of carboxylic acids is 1. The standard InChI is InChI=1S/C21H16ClN3O5.CH5N/c1-28-18-5-2-13(22)8-12(18)11-24-21-25-16-4-3-14(10-19(16)30-21)29-15-6-7-23-17(9-15)20(26)27;1-2/h2-10H,11H2,1H3,(H,24,25)(H,26,27);2H2,1H3. The molecular formula is C22H21ClN4O5. The van der Waals surface area contributed by atoms with E-state index in [1.165, 1.54) is 19.3 Å². The zero-order valence-corrected chi connectivity index (χ0v) is 18.1. The smallest absolute Gasteiger partial charge is 0.354 e. The number of nitrogens with two attached hydrogens (primary N) is 1. The third-order valence-corrected chi connectivity index (χ3v) is 4.45. The van der Waals surface area contributed by atoms with Gasteiger partial charge >= 0.3 is 5.97 Å². The number of oxazole rings is 1. The number of nitrogens with one attached hydrogen (secondary N) is 1. The first-order chi connectivity index (χ1) is 15.5. The number of aromatic nitrogens is 2. The summed E-state index contributed by atoms with van der Waals surface area (Å²) in [5.41, 5.74) is 6.42. The molecule has 0 atom stereocenters. The van der Waals surface area contributed by atoms with E-state index >= 15 is 0 Å². The third kappa shape index (κ3) is 5.45. The number of halogens is 1. The summed E-state index contributed by atoms with van der Waals surface area (Å²) in [6, 6.07) is 13.8. The van der Waals surface area contributed by atoms with Gasteiger partial charge in [-0.1, -0.05) is 11.6 Å². The number of hydrogen-bond acceptors (Lipinski definition) is 8. The number of ether oxygens (including phenoxy) is 2. The van der Waals surface area contributed by atoms with E-state index in [4.69, 9.17) is 30.6 Å². The lowest BCUT2D eigenvalue weighted by Crippen LogP contribution is -2.01. The molecule has 0 radical (unpaired) electrons. The summed E-state index contributed by atoms with van der Waals surface area (Å²) in [4.78, 5) is 19.2. The largest absolute Gasteiger partial charge is 0.496 e.